The van der Waals surface area contributed by atoms with Crippen LogP contribution in [0.4, 0.5) is 0 Å². The molecular formula is C17H21N3O4. The number of methoxy groups -OCH3 is 1. The average Bonchev–Trinajstić information content (AvgIpc) is 3.09. The van der Waals surface area contributed by atoms with E-state index in [9.17, 15) is 4.79 Å². The fourth-order valence-electron chi connectivity index (χ4n) is 2.59. The van der Waals surface area contributed by atoms with Gasteiger partial charge in [-0.15, -0.1) is 0 Å². The molecule has 0 atom stereocenters. The Balaban J connectivity index is 1.55. The summed E-state index contributed by atoms with van der Waals surface area (Å²) in [7, 11) is 1.61. The summed E-state index contributed by atoms with van der Waals surface area (Å²) in [5.74, 6) is 1.16. The third kappa shape index (κ3) is 4.12. The molecule has 0 bridgehead atoms. The molecule has 3 rings (SSSR count). The van der Waals surface area contributed by atoms with Crippen LogP contribution in [0.5, 0.6) is 5.75 Å². The number of morpholine rings is 1. The average molecular weight is 331 g/mol. The van der Waals surface area contributed by atoms with Crippen molar-refractivity contribution in [3.63, 3.8) is 0 Å². The van der Waals surface area contributed by atoms with Crippen molar-refractivity contribution in [2.24, 2.45) is 0 Å². The first kappa shape index (κ1) is 16.5. The molecule has 1 saturated heterocycles. The van der Waals surface area contributed by atoms with Crippen molar-refractivity contribution in [3.05, 3.63) is 47.3 Å². The summed E-state index contributed by atoms with van der Waals surface area (Å²) in [6, 6.07) is 9.25. The Bertz CT molecular complexity index is 680. The third-order valence-corrected chi connectivity index (χ3v) is 3.91. The zero-order valence-electron chi connectivity index (χ0n) is 13.7. The summed E-state index contributed by atoms with van der Waals surface area (Å²) in [5, 5.41) is 6.69. The van der Waals surface area contributed by atoms with Crippen molar-refractivity contribution in [1.29, 1.82) is 0 Å². The summed E-state index contributed by atoms with van der Waals surface area (Å²) in [6.07, 6.45) is 0. The third-order valence-electron chi connectivity index (χ3n) is 3.91. The first-order valence-electron chi connectivity index (χ1n) is 7.92. The lowest BCUT2D eigenvalue weighted by Gasteiger charge is -2.25. The number of amides is 1. The van der Waals surface area contributed by atoms with Crippen molar-refractivity contribution in [3.8, 4) is 5.75 Å². The molecule has 7 heteroatoms. The van der Waals surface area contributed by atoms with Crippen LogP contribution in [0.15, 0.2) is 34.9 Å². The van der Waals surface area contributed by atoms with Gasteiger partial charge in [-0.2, -0.15) is 0 Å². The van der Waals surface area contributed by atoms with Crippen molar-refractivity contribution < 1.29 is 18.8 Å². The fourth-order valence-corrected chi connectivity index (χ4v) is 2.59. The second-order valence-electron chi connectivity index (χ2n) is 5.56. The van der Waals surface area contributed by atoms with Gasteiger partial charge in [0.2, 0.25) is 0 Å². The highest BCUT2D eigenvalue weighted by atomic mass is 16.5. The maximum absolute atomic E-state index is 12.2. The number of hydrogen-bond donors (Lipinski definition) is 1. The van der Waals surface area contributed by atoms with Gasteiger partial charge in [0, 0.05) is 31.3 Å². The number of carbonyl (C=O) groups excluding carboxylic acids is 1. The normalized spacial score (nSPS) is 15.2. The van der Waals surface area contributed by atoms with Crippen molar-refractivity contribution in [2.45, 2.75) is 13.1 Å². The van der Waals surface area contributed by atoms with Crippen LogP contribution < -0.4 is 10.1 Å². The maximum Gasteiger partial charge on any atom is 0.273 e. The largest absolute Gasteiger partial charge is 0.496 e. The quantitative estimate of drug-likeness (QED) is 0.863. The number of para-hydroxylation sites is 1. The molecule has 0 spiro atoms. The fraction of sp³-hybridized carbons (Fsp3) is 0.412. The van der Waals surface area contributed by atoms with Gasteiger partial charge < -0.3 is 19.3 Å². The maximum atomic E-state index is 12.2. The molecule has 1 aliphatic rings. The minimum Gasteiger partial charge on any atom is -0.496 e. The molecule has 0 unspecified atom stereocenters. The lowest BCUT2D eigenvalue weighted by Crippen LogP contribution is -2.35. The molecule has 2 heterocycles. The van der Waals surface area contributed by atoms with E-state index >= 15 is 0 Å². The minimum absolute atomic E-state index is 0.266. The zero-order valence-corrected chi connectivity index (χ0v) is 13.7. The number of carbonyl (C=O) groups is 1. The molecule has 0 aliphatic carbocycles. The summed E-state index contributed by atoms with van der Waals surface area (Å²) in [4.78, 5) is 14.4. The van der Waals surface area contributed by atoms with E-state index in [2.05, 4.69) is 15.4 Å². The van der Waals surface area contributed by atoms with Crippen LogP contribution in [0.25, 0.3) is 0 Å². The van der Waals surface area contributed by atoms with Crippen molar-refractivity contribution in [2.75, 3.05) is 33.4 Å². The Morgan fingerprint density at radius 1 is 1.33 bits per heavy atom. The monoisotopic (exact) mass is 331 g/mol. The first-order chi connectivity index (χ1) is 11.8. The molecule has 1 N–H and O–H groups in total. The Kier molecular flexibility index (Phi) is 5.45. The molecule has 1 fully saturated rings. The highest BCUT2D eigenvalue weighted by Gasteiger charge is 2.17. The SMILES string of the molecule is COc1ccccc1CNC(=O)c1cc(CN2CCOCC2)on1. The number of nitrogens with zero attached hydrogens (tertiary/aromatic N) is 2. The number of ether oxygens (including phenoxy) is 2. The molecule has 1 aromatic heterocycles. The molecule has 128 valence electrons. The van der Waals surface area contributed by atoms with Crippen LogP contribution in [0.2, 0.25) is 0 Å². The van der Waals surface area contributed by atoms with Gasteiger partial charge >= 0.3 is 0 Å². The van der Waals surface area contributed by atoms with Gasteiger partial charge in [-0.25, -0.2) is 0 Å². The summed E-state index contributed by atoms with van der Waals surface area (Å²) >= 11 is 0. The molecular weight excluding hydrogens is 310 g/mol. The van der Waals surface area contributed by atoms with Crippen LogP contribution in [-0.4, -0.2) is 49.4 Å². The highest BCUT2D eigenvalue weighted by molar-refractivity contribution is 5.92. The van der Waals surface area contributed by atoms with E-state index in [0.717, 1.165) is 37.6 Å². The molecule has 1 aromatic carbocycles. The van der Waals surface area contributed by atoms with Gasteiger partial charge in [0.15, 0.2) is 11.5 Å². The van der Waals surface area contributed by atoms with Gasteiger partial charge in [0.1, 0.15) is 5.75 Å². The van der Waals surface area contributed by atoms with E-state index in [4.69, 9.17) is 14.0 Å². The Morgan fingerprint density at radius 3 is 2.92 bits per heavy atom. The number of benzene rings is 1. The predicted molar refractivity (Wildman–Crippen MR) is 86.8 cm³/mol. The molecule has 24 heavy (non-hydrogen) atoms. The molecule has 0 radical (unpaired) electrons. The second-order valence-corrected chi connectivity index (χ2v) is 5.56. The van der Waals surface area contributed by atoms with Crippen LogP contribution in [0.1, 0.15) is 21.8 Å². The standard InChI is InChI=1S/C17H21N3O4/c1-22-16-5-3-2-4-13(16)11-18-17(21)15-10-14(24-19-15)12-20-6-8-23-9-7-20/h2-5,10H,6-9,11-12H2,1H3,(H,18,21). The van der Waals surface area contributed by atoms with Crippen LogP contribution in [-0.2, 0) is 17.8 Å². The molecule has 1 amide bonds. The lowest BCUT2D eigenvalue weighted by atomic mass is 10.2. The Morgan fingerprint density at radius 2 is 2.12 bits per heavy atom. The first-order valence-corrected chi connectivity index (χ1v) is 7.92. The lowest BCUT2D eigenvalue weighted by molar-refractivity contribution is 0.0305. The van der Waals surface area contributed by atoms with Gasteiger partial charge in [-0.05, 0) is 6.07 Å². The van der Waals surface area contributed by atoms with E-state index in [-0.39, 0.29) is 11.6 Å². The number of rotatable bonds is 6. The van der Waals surface area contributed by atoms with E-state index < -0.39 is 0 Å². The number of hydrogen-bond acceptors (Lipinski definition) is 6. The summed E-state index contributed by atoms with van der Waals surface area (Å²) in [6.45, 7) is 4.16. The summed E-state index contributed by atoms with van der Waals surface area (Å²) in [5.41, 5.74) is 1.19. The van der Waals surface area contributed by atoms with Gasteiger partial charge in [-0.1, -0.05) is 23.4 Å². The Hall–Kier alpha value is -2.38. The predicted octanol–water partition coefficient (Wildman–Crippen LogP) is 1.45. The Labute approximate surface area is 140 Å². The zero-order chi connectivity index (χ0) is 16.8. The minimum atomic E-state index is -0.266. The smallest absolute Gasteiger partial charge is 0.273 e. The summed E-state index contributed by atoms with van der Waals surface area (Å²) < 4.78 is 15.8. The topological polar surface area (TPSA) is 76.8 Å². The van der Waals surface area contributed by atoms with Gasteiger partial charge in [0.05, 0.1) is 26.9 Å². The van der Waals surface area contributed by atoms with Crippen LogP contribution >= 0.6 is 0 Å². The number of aromatic nitrogens is 1. The second kappa shape index (κ2) is 7.94. The van der Waals surface area contributed by atoms with Crippen LogP contribution in [0, 0.1) is 0 Å². The molecule has 7 nitrogen and oxygen atoms in total. The molecule has 2 aromatic rings. The van der Waals surface area contributed by atoms with Crippen LogP contribution in [0.3, 0.4) is 0 Å². The van der Waals surface area contributed by atoms with Gasteiger partial charge in [0.25, 0.3) is 5.91 Å². The van der Waals surface area contributed by atoms with Gasteiger partial charge in [-0.3, -0.25) is 9.69 Å². The van der Waals surface area contributed by atoms with E-state index in [0.29, 0.717) is 18.8 Å². The highest BCUT2D eigenvalue weighted by Crippen LogP contribution is 2.17. The van der Waals surface area contributed by atoms with E-state index in [1.807, 2.05) is 24.3 Å². The van der Waals surface area contributed by atoms with E-state index in [1.165, 1.54) is 0 Å². The molecule has 1 aliphatic heterocycles. The van der Waals surface area contributed by atoms with E-state index in [1.54, 1.807) is 13.2 Å². The molecule has 0 saturated carbocycles. The number of nitrogens with one attached hydrogen (secondary N) is 1. The van der Waals surface area contributed by atoms with Crippen molar-refractivity contribution >= 4 is 5.91 Å². The van der Waals surface area contributed by atoms with Crippen molar-refractivity contribution in [1.82, 2.24) is 15.4 Å².